The molecule has 0 unspecified atom stereocenters. The van der Waals surface area contributed by atoms with Crippen LogP contribution in [0.4, 0.5) is 0 Å². The van der Waals surface area contributed by atoms with Crippen LogP contribution in [-0.2, 0) is 11.2 Å². The predicted octanol–water partition coefficient (Wildman–Crippen LogP) is 0.912. The van der Waals surface area contributed by atoms with E-state index in [4.69, 9.17) is 9.84 Å². The molecule has 0 aliphatic carbocycles. The van der Waals surface area contributed by atoms with Crippen LogP contribution in [0.15, 0.2) is 0 Å². The van der Waals surface area contributed by atoms with Crippen molar-refractivity contribution in [2.24, 2.45) is 0 Å². The second kappa shape index (κ2) is 4.34. The Balaban J connectivity index is 2.76. The summed E-state index contributed by atoms with van der Waals surface area (Å²) in [6.45, 7) is 3.25. The van der Waals surface area contributed by atoms with E-state index < -0.39 is 0 Å². The standard InChI is InChI=1S/C8H11NO3S/c1-5-7(3-4-10)13-8(9-5)12-6(2)11/h10H,3-4H2,1-2H3. The number of thiazole rings is 1. The summed E-state index contributed by atoms with van der Waals surface area (Å²) in [5.41, 5.74) is 0.815. The van der Waals surface area contributed by atoms with E-state index in [1.807, 2.05) is 6.92 Å². The fourth-order valence-electron chi connectivity index (χ4n) is 0.901. The smallest absolute Gasteiger partial charge is 0.309 e. The molecule has 1 rings (SSSR count). The zero-order chi connectivity index (χ0) is 9.84. The van der Waals surface area contributed by atoms with Crippen LogP contribution in [0.5, 0.6) is 5.19 Å². The van der Waals surface area contributed by atoms with E-state index in [1.165, 1.54) is 18.3 Å². The van der Waals surface area contributed by atoms with Crippen LogP contribution in [0.2, 0.25) is 0 Å². The van der Waals surface area contributed by atoms with Gasteiger partial charge in [-0.3, -0.25) is 4.79 Å². The van der Waals surface area contributed by atoms with Crippen LogP contribution in [0.25, 0.3) is 0 Å². The number of aliphatic hydroxyl groups is 1. The average molecular weight is 201 g/mol. The predicted molar refractivity (Wildman–Crippen MR) is 48.9 cm³/mol. The number of ether oxygens (including phenoxy) is 1. The molecule has 0 amide bonds. The van der Waals surface area contributed by atoms with Gasteiger partial charge in [0.05, 0.1) is 5.69 Å². The molecule has 5 heteroatoms. The number of nitrogens with zero attached hydrogens (tertiary/aromatic N) is 1. The summed E-state index contributed by atoms with van der Waals surface area (Å²) >= 11 is 1.30. The monoisotopic (exact) mass is 201 g/mol. The first-order valence-electron chi connectivity index (χ1n) is 3.89. The van der Waals surface area contributed by atoms with Gasteiger partial charge in [-0.25, -0.2) is 4.98 Å². The first-order chi connectivity index (χ1) is 6.13. The van der Waals surface area contributed by atoms with Gasteiger partial charge >= 0.3 is 5.97 Å². The minimum atomic E-state index is -0.371. The summed E-state index contributed by atoms with van der Waals surface area (Å²) in [5.74, 6) is -0.371. The molecule has 1 N–H and O–H groups in total. The zero-order valence-corrected chi connectivity index (χ0v) is 8.35. The molecule has 13 heavy (non-hydrogen) atoms. The van der Waals surface area contributed by atoms with E-state index >= 15 is 0 Å². The lowest BCUT2D eigenvalue weighted by Gasteiger charge is -1.91. The number of carbonyl (C=O) groups is 1. The summed E-state index contributed by atoms with van der Waals surface area (Å²) in [5, 5.41) is 9.06. The van der Waals surface area contributed by atoms with Gasteiger partial charge in [0, 0.05) is 24.8 Å². The lowest BCUT2D eigenvalue weighted by Crippen LogP contribution is -2.00. The number of aromatic nitrogens is 1. The number of rotatable bonds is 3. The lowest BCUT2D eigenvalue weighted by atomic mass is 10.3. The van der Waals surface area contributed by atoms with Gasteiger partial charge in [0.15, 0.2) is 0 Å². The quantitative estimate of drug-likeness (QED) is 0.738. The molecule has 1 heterocycles. The summed E-state index contributed by atoms with van der Waals surface area (Å²) in [6.07, 6.45) is 0.560. The van der Waals surface area contributed by atoms with Gasteiger partial charge in [-0.1, -0.05) is 11.3 Å². The van der Waals surface area contributed by atoms with Crippen molar-refractivity contribution in [3.05, 3.63) is 10.6 Å². The Hall–Kier alpha value is -0.940. The van der Waals surface area contributed by atoms with Crippen molar-refractivity contribution in [3.63, 3.8) is 0 Å². The van der Waals surface area contributed by atoms with Crippen LogP contribution in [0.1, 0.15) is 17.5 Å². The number of hydrogen-bond acceptors (Lipinski definition) is 5. The second-order valence-electron chi connectivity index (χ2n) is 2.56. The highest BCUT2D eigenvalue weighted by Gasteiger charge is 2.09. The van der Waals surface area contributed by atoms with E-state index in [0.717, 1.165) is 10.6 Å². The molecule has 0 aromatic carbocycles. The van der Waals surface area contributed by atoms with Crippen LogP contribution >= 0.6 is 11.3 Å². The first-order valence-corrected chi connectivity index (χ1v) is 4.70. The van der Waals surface area contributed by atoms with Gasteiger partial charge in [0.1, 0.15) is 0 Å². The normalized spacial score (nSPS) is 10.1. The molecule has 0 atom stereocenters. The number of esters is 1. The zero-order valence-electron chi connectivity index (χ0n) is 7.53. The van der Waals surface area contributed by atoms with Crippen molar-refractivity contribution in [1.82, 2.24) is 4.98 Å². The molecule has 0 spiro atoms. The van der Waals surface area contributed by atoms with Crippen molar-refractivity contribution < 1.29 is 14.6 Å². The summed E-state index contributed by atoms with van der Waals surface area (Å²) < 4.78 is 4.81. The first kappa shape index (κ1) is 10.1. The maximum absolute atomic E-state index is 10.6. The third-order valence-electron chi connectivity index (χ3n) is 1.44. The van der Waals surface area contributed by atoms with Crippen molar-refractivity contribution in [2.75, 3.05) is 6.61 Å². The Labute approximate surface area is 80.2 Å². The topological polar surface area (TPSA) is 59.4 Å². The van der Waals surface area contributed by atoms with Crippen LogP contribution in [0.3, 0.4) is 0 Å². The van der Waals surface area contributed by atoms with Crippen LogP contribution < -0.4 is 4.74 Å². The molecular weight excluding hydrogens is 190 g/mol. The number of aliphatic hydroxyl groups excluding tert-OH is 1. The lowest BCUT2D eigenvalue weighted by molar-refractivity contribution is -0.131. The second-order valence-corrected chi connectivity index (χ2v) is 3.60. The molecule has 0 saturated heterocycles. The third-order valence-corrected chi connectivity index (χ3v) is 2.54. The maximum Gasteiger partial charge on any atom is 0.309 e. The SMILES string of the molecule is CC(=O)Oc1nc(C)c(CCO)s1. The molecule has 1 aromatic rings. The van der Waals surface area contributed by atoms with E-state index in [1.54, 1.807) is 0 Å². The molecule has 0 fully saturated rings. The van der Waals surface area contributed by atoms with Crippen molar-refractivity contribution in [2.45, 2.75) is 20.3 Å². The van der Waals surface area contributed by atoms with Gasteiger partial charge in [-0.05, 0) is 6.92 Å². The minimum Gasteiger partial charge on any atom is -0.398 e. The highest BCUT2D eigenvalue weighted by Crippen LogP contribution is 2.24. The summed E-state index contributed by atoms with van der Waals surface area (Å²) in [4.78, 5) is 15.6. The molecule has 1 aromatic heterocycles. The number of carbonyl (C=O) groups excluding carboxylic acids is 1. The van der Waals surface area contributed by atoms with Gasteiger partial charge < -0.3 is 9.84 Å². The molecular formula is C8H11NO3S. The Morgan fingerprint density at radius 2 is 2.38 bits per heavy atom. The Kier molecular flexibility index (Phi) is 3.39. The largest absolute Gasteiger partial charge is 0.398 e. The summed E-state index contributed by atoms with van der Waals surface area (Å²) in [7, 11) is 0. The van der Waals surface area contributed by atoms with Crippen LogP contribution in [-0.4, -0.2) is 22.7 Å². The Morgan fingerprint density at radius 1 is 1.69 bits per heavy atom. The average Bonchev–Trinajstić information content (AvgIpc) is 2.31. The highest BCUT2D eigenvalue weighted by atomic mass is 32.1. The minimum absolute atomic E-state index is 0.0859. The third kappa shape index (κ3) is 2.78. The molecule has 72 valence electrons. The molecule has 0 radical (unpaired) electrons. The Bertz CT molecular complexity index is 308. The van der Waals surface area contributed by atoms with Crippen molar-refractivity contribution >= 4 is 17.3 Å². The fraction of sp³-hybridized carbons (Fsp3) is 0.500. The summed E-state index contributed by atoms with van der Waals surface area (Å²) in [6, 6.07) is 0. The van der Waals surface area contributed by atoms with Gasteiger partial charge in [0.25, 0.3) is 5.19 Å². The molecule has 4 nitrogen and oxygen atoms in total. The van der Waals surface area contributed by atoms with Crippen molar-refractivity contribution in [3.8, 4) is 5.19 Å². The van der Waals surface area contributed by atoms with Gasteiger partial charge in [-0.15, -0.1) is 0 Å². The van der Waals surface area contributed by atoms with Crippen molar-refractivity contribution in [1.29, 1.82) is 0 Å². The van der Waals surface area contributed by atoms with Crippen LogP contribution in [0, 0.1) is 6.92 Å². The van der Waals surface area contributed by atoms with Gasteiger partial charge in [-0.2, -0.15) is 0 Å². The Morgan fingerprint density at radius 3 is 2.92 bits per heavy atom. The van der Waals surface area contributed by atoms with E-state index in [-0.39, 0.29) is 12.6 Å². The fourth-order valence-corrected chi connectivity index (χ4v) is 1.84. The van der Waals surface area contributed by atoms with E-state index in [0.29, 0.717) is 11.6 Å². The maximum atomic E-state index is 10.6. The molecule has 0 saturated carbocycles. The highest BCUT2D eigenvalue weighted by molar-refractivity contribution is 7.13. The number of hydrogen-bond donors (Lipinski definition) is 1. The van der Waals surface area contributed by atoms with E-state index in [2.05, 4.69) is 4.98 Å². The van der Waals surface area contributed by atoms with E-state index in [9.17, 15) is 4.79 Å². The molecule has 0 aliphatic heterocycles. The molecule has 0 aliphatic rings. The molecule has 0 bridgehead atoms. The number of aryl methyl sites for hydroxylation is 1. The van der Waals surface area contributed by atoms with Gasteiger partial charge in [0.2, 0.25) is 0 Å².